The number of hydrogen-bond acceptors (Lipinski definition) is 4. The van der Waals surface area contributed by atoms with E-state index in [4.69, 9.17) is 4.74 Å². The van der Waals surface area contributed by atoms with Crippen molar-refractivity contribution >= 4 is 22.7 Å². The van der Waals surface area contributed by atoms with Gasteiger partial charge in [0.1, 0.15) is 0 Å². The average Bonchev–Trinajstić information content (AvgIpc) is 2.95. The third-order valence-corrected chi connectivity index (χ3v) is 5.12. The van der Waals surface area contributed by atoms with E-state index in [9.17, 15) is 0 Å². The molecule has 1 atom stereocenters. The second-order valence-electron chi connectivity index (χ2n) is 5.48. The molecule has 1 aliphatic heterocycles. The molecule has 0 amide bonds. The number of rotatable bonds is 4. The summed E-state index contributed by atoms with van der Waals surface area (Å²) in [5.41, 5.74) is 3.82. The van der Waals surface area contributed by atoms with Crippen molar-refractivity contribution in [3.63, 3.8) is 0 Å². The molecule has 1 aliphatic rings. The third-order valence-electron chi connectivity index (χ3n) is 3.92. The lowest BCUT2D eigenvalue weighted by Crippen LogP contribution is -2.36. The number of thiophene rings is 1. The SMILES string of the molecule is Cc1ccsc1C(C)Nc1ccc(N2CCOCC2)cc1. The summed E-state index contributed by atoms with van der Waals surface area (Å²) in [5, 5.41) is 5.74. The Morgan fingerprint density at radius 1 is 1.14 bits per heavy atom. The molecule has 0 radical (unpaired) electrons. The number of nitrogens with one attached hydrogen (secondary N) is 1. The number of benzene rings is 1. The Hall–Kier alpha value is -1.52. The van der Waals surface area contributed by atoms with Crippen LogP contribution in [0, 0.1) is 6.92 Å². The van der Waals surface area contributed by atoms with Crippen molar-refractivity contribution in [1.82, 2.24) is 0 Å². The van der Waals surface area contributed by atoms with Gasteiger partial charge in [0, 0.05) is 29.3 Å². The number of ether oxygens (including phenoxy) is 1. The van der Waals surface area contributed by atoms with Crippen LogP contribution in [0.3, 0.4) is 0 Å². The van der Waals surface area contributed by atoms with E-state index in [0.29, 0.717) is 6.04 Å². The predicted octanol–water partition coefficient (Wildman–Crippen LogP) is 4.07. The molecule has 112 valence electrons. The Bertz CT molecular complexity index is 573. The van der Waals surface area contributed by atoms with E-state index < -0.39 is 0 Å². The van der Waals surface area contributed by atoms with Crippen LogP contribution in [0.5, 0.6) is 0 Å². The van der Waals surface area contributed by atoms with Gasteiger partial charge in [-0.25, -0.2) is 0 Å². The maximum absolute atomic E-state index is 5.40. The zero-order valence-electron chi connectivity index (χ0n) is 12.6. The Balaban J connectivity index is 1.65. The number of hydrogen-bond donors (Lipinski definition) is 1. The maximum atomic E-state index is 5.40. The molecule has 0 saturated carbocycles. The Morgan fingerprint density at radius 2 is 1.86 bits per heavy atom. The van der Waals surface area contributed by atoms with Crippen molar-refractivity contribution in [3.05, 3.63) is 46.2 Å². The fraction of sp³-hybridized carbons (Fsp3) is 0.412. The van der Waals surface area contributed by atoms with Crippen LogP contribution in [-0.4, -0.2) is 26.3 Å². The van der Waals surface area contributed by atoms with Gasteiger partial charge < -0.3 is 15.0 Å². The van der Waals surface area contributed by atoms with Crippen LogP contribution in [0.1, 0.15) is 23.4 Å². The highest BCUT2D eigenvalue weighted by atomic mass is 32.1. The van der Waals surface area contributed by atoms with Crippen LogP contribution >= 0.6 is 11.3 Å². The smallest absolute Gasteiger partial charge is 0.0642 e. The van der Waals surface area contributed by atoms with Crippen LogP contribution in [0.15, 0.2) is 35.7 Å². The van der Waals surface area contributed by atoms with Crippen LogP contribution in [-0.2, 0) is 4.74 Å². The van der Waals surface area contributed by atoms with Crippen LogP contribution < -0.4 is 10.2 Å². The molecule has 1 unspecified atom stereocenters. The zero-order valence-corrected chi connectivity index (χ0v) is 13.5. The average molecular weight is 302 g/mol. The van der Waals surface area contributed by atoms with Gasteiger partial charge >= 0.3 is 0 Å². The van der Waals surface area contributed by atoms with Gasteiger partial charge in [-0.3, -0.25) is 0 Å². The second kappa shape index (κ2) is 6.50. The number of nitrogens with zero attached hydrogens (tertiary/aromatic N) is 1. The molecule has 1 fully saturated rings. The molecule has 0 bridgehead atoms. The molecule has 2 heterocycles. The Morgan fingerprint density at radius 3 is 2.48 bits per heavy atom. The zero-order chi connectivity index (χ0) is 14.7. The van der Waals surface area contributed by atoms with E-state index in [0.717, 1.165) is 26.3 Å². The van der Waals surface area contributed by atoms with Gasteiger partial charge in [-0.15, -0.1) is 11.3 Å². The van der Waals surface area contributed by atoms with Gasteiger partial charge in [-0.2, -0.15) is 0 Å². The third kappa shape index (κ3) is 3.39. The van der Waals surface area contributed by atoms with Gasteiger partial charge in [-0.05, 0) is 55.1 Å². The lowest BCUT2D eigenvalue weighted by Gasteiger charge is -2.29. The Kier molecular flexibility index (Phi) is 4.46. The molecule has 3 rings (SSSR count). The highest BCUT2D eigenvalue weighted by Crippen LogP contribution is 2.27. The molecule has 3 nitrogen and oxygen atoms in total. The molecule has 1 saturated heterocycles. The minimum Gasteiger partial charge on any atom is -0.378 e. The summed E-state index contributed by atoms with van der Waals surface area (Å²) in [6.45, 7) is 8.01. The molecular formula is C17H22N2OS. The normalized spacial score (nSPS) is 16.8. The Labute approximate surface area is 130 Å². The molecule has 21 heavy (non-hydrogen) atoms. The first kappa shape index (κ1) is 14.4. The van der Waals surface area contributed by atoms with Gasteiger partial charge in [0.25, 0.3) is 0 Å². The highest BCUT2D eigenvalue weighted by Gasteiger charge is 2.12. The minimum atomic E-state index is 0.347. The van der Waals surface area contributed by atoms with E-state index in [2.05, 4.69) is 59.8 Å². The van der Waals surface area contributed by atoms with E-state index in [1.54, 1.807) is 0 Å². The lowest BCUT2D eigenvalue weighted by atomic mass is 10.1. The first-order valence-corrected chi connectivity index (χ1v) is 8.35. The van der Waals surface area contributed by atoms with E-state index in [-0.39, 0.29) is 0 Å². The van der Waals surface area contributed by atoms with Crippen molar-refractivity contribution in [2.75, 3.05) is 36.5 Å². The molecule has 1 aromatic heterocycles. The molecule has 2 aromatic rings. The molecular weight excluding hydrogens is 280 g/mol. The van der Waals surface area contributed by atoms with Crippen molar-refractivity contribution in [2.24, 2.45) is 0 Å². The quantitative estimate of drug-likeness (QED) is 0.921. The van der Waals surface area contributed by atoms with E-state index in [1.807, 2.05) is 11.3 Å². The summed E-state index contributed by atoms with van der Waals surface area (Å²) in [4.78, 5) is 3.78. The molecule has 0 spiro atoms. The van der Waals surface area contributed by atoms with Gasteiger partial charge in [0.15, 0.2) is 0 Å². The predicted molar refractivity (Wildman–Crippen MR) is 90.6 cm³/mol. The van der Waals surface area contributed by atoms with Gasteiger partial charge in [-0.1, -0.05) is 0 Å². The maximum Gasteiger partial charge on any atom is 0.0642 e. The van der Waals surface area contributed by atoms with Crippen molar-refractivity contribution in [3.8, 4) is 0 Å². The van der Waals surface area contributed by atoms with Crippen molar-refractivity contribution in [2.45, 2.75) is 19.9 Å². The summed E-state index contributed by atoms with van der Waals surface area (Å²) in [6, 6.07) is 11.3. The summed E-state index contributed by atoms with van der Waals surface area (Å²) in [6.07, 6.45) is 0. The topological polar surface area (TPSA) is 24.5 Å². The largest absolute Gasteiger partial charge is 0.378 e. The summed E-state index contributed by atoms with van der Waals surface area (Å²) >= 11 is 1.82. The second-order valence-corrected chi connectivity index (χ2v) is 6.43. The first-order valence-electron chi connectivity index (χ1n) is 7.47. The number of morpholine rings is 1. The van der Waals surface area contributed by atoms with Crippen LogP contribution in [0.25, 0.3) is 0 Å². The number of aryl methyl sites for hydroxylation is 1. The summed E-state index contributed by atoms with van der Waals surface area (Å²) in [7, 11) is 0. The van der Waals surface area contributed by atoms with Crippen LogP contribution in [0.4, 0.5) is 11.4 Å². The minimum absolute atomic E-state index is 0.347. The standard InChI is InChI=1S/C17H22N2OS/c1-13-7-12-21-17(13)14(2)18-15-3-5-16(6-4-15)19-8-10-20-11-9-19/h3-7,12,14,18H,8-11H2,1-2H3. The van der Waals surface area contributed by atoms with E-state index in [1.165, 1.54) is 21.8 Å². The van der Waals surface area contributed by atoms with Crippen molar-refractivity contribution in [1.29, 1.82) is 0 Å². The highest BCUT2D eigenvalue weighted by molar-refractivity contribution is 7.10. The van der Waals surface area contributed by atoms with Gasteiger partial charge in [0.05, 0.1) is 19.3 Å². The fourth-order valence-electron chi connectivity index (χ4n) is 2.73. The number of anilines is 2. The molecule has 0 aliphatic carbocycles. The summed E-state index contributed by atoms with van der Waals surface area (Å²) < 4.78 is 5.40. The fourth-order valence-corrected chi connectivity index (χ4v) is 3.67. The van der Waals surface area contributed by atoms with Crippen molar-refractivity contribution < 1.29 is 4.74 Å². The molecule has 4 heteroatoms. The van der Waals surface area contributed by atoms with Gasteiger partial charge in [0.2, 0.25) is 0 Å². The van der Waals surface area contributed by atoms with Crippen LogP contribution in [0.2, 0.25) is 0 Å². The first-order chi connectivity index (χ1) is 10.2. The van der Waals surface area contributed by atoms with E-state index >= 15 is 0 Å². The monoisotopic (exact) mass is 302 g/mol. The molecule has 1 aromatic carbocycles. The lowest BCUT2D eigenvalue weighted by molar-refractivity contribution is 0.122. The molecule has 1 N–H and O–H groups in total. The summed E-state index contributed by atoms with van der Waals surface area (Å²) in [5.74, 6) is 0.